The molecule has 1 saturated heterocycles. The van der Waals surface area contributed by atoms with Gasteiger partial charge in [0.2, 0.25) is 0 Å². The van der Waals surface area contributed by atoms with Crippen molar-refractivity contribution >= 4 is 0 Å². The van der Waals surface area contributed by atoms with Gasteiger partial charge in [-0.15, -0.1) is 0 Å². The molecule has 1 aliphatic rings. The number of hydrogen-bond acceptors (Lipinski definition) is 2. The monoisotopic (exact) mass is 241 g/mol. The third kappa shape index (κ3) is 8.62. The first-order chi connectivity index (χ1) is 8.43. The van der Waals surface area contributed by atoms with E-state index in [0.29, 0.717) is 6.10 Å². The van der Waals surface area contributed by atoms with E-state index in [2.05, 4.69) is 12.2 Å². The van der Waals surface area contributed by atoms with Crippen LogP contribution in [0.4, 0.5) is 0 Å². The molecule has 1 heterocycles. The highest BCUT2D eigenvalue weighted by atomic mass is 16.5. The molecular formula is C15H31NO. The maximum Gasteiger partial charge on any atom is 0.0700 e. The fraction of sp³-hybridized carbons (Fsp3) is 1.00. The van der Waals surface area contributed by atoms with Gasteiger partial charge >= 0.3 is 0 Å². The molecule has 17 heavy (non-hydrogen) atoms. The van der Waals surface area contributed by atoms with Crippen LogP contribution in [-0.4, -0.2) is 25.8 Å². The minimum absolute atomic E-state index is 0.494. The van der Waals surface area contributed by atoms with E-state index in [-0.39, 0.29) is 0 Å². The van der Waals surface area contributed by atoms with Crippen molar-refractivity contribution in [3.8, 4) is 0 Å². The number of unbranched alkanes of at least 4 members (excludes halogenated alkanes) is 8. The second-order valence-electron chi connectivity index (χ2n) is 5.31. The van der Waals surface area contributed by atoms with E-state index in [9.17, 15) is 0 Å². The molecule has 1 N–H and O–H groups in total. The molecular weight excluding hydrogens is 210 g/mol. The van der Waals surface area contributed by atoms with Gasteiger partial charge < -0.3 is 10.1 Å². The molecule has 0 bridgehead atoms. The van der Waals surface area contributed by atoms with Crippen molar-refractivity contribution in [1.29, 1.82) is 0 Å². The van der Waals surface area contributed by atoms with Crippen LogP contribution in [0, 0.1) is 0 Å². The van der Waals surface area contributed by atoms with Gasteiger partial charge in [0.05, 0.1) is 12.7 Å². The van der Waals surface area contributed by atoms with Gasteiger partial charge in [0.15, 0.2) is 0 Å². The molecule has 0 aromatic carbocycles. The summed E-state index contributed by atoms with van der Waals surface area (Å²) in [5.74, 6) is 0. The fourth-order valence-corrected chi connectivity index (χ4v) is 2.49. The average Bonchev–Trinajstić information content (AvgIpc) is 2.38. The van der Waals surface area contributed by atoms with Crippen molar-refractivity contribution in [1.82, 2.24) is 5.32 Å². The number of morpholine rings is 1. The molecule has 1 atom stereocenters. The largest absolute Gasteiger partial charge is 0.376 e. The van der Waals surface area contributed by atoms with Crippen molar-refractivity contribution in [2.45, 2.75) is 77.2 Å². The topological polar surface area (TPSA) is 21.3 Å². The van der Waals surface area contributed by atoms with Gasteiger partial charge in [-0.2, -0.15) is 0 Å². The summed E-state index contributed by atoms with van der Waals surface area (Å²) in [6.07, 6.45) is 14.5. The lowest BCUT2D eigenvalue weighted by Crippen LogP contribution is -2.38. The van der Waals surface area contributed by atoms with Crippen LogP contribution in [0.2, 0.25) is 0 Å². The van der Waals surface area contributed by atoms with Crippen LogP contribution in [0.15, 0.2) is 0 Å². The van der Waals surface area contributed by atoms with E-state index in [1.54, 1.807) is 0 Å². The van der Waals surface area contributed by atoms with Crippen molar-refractivity contribution in [3.63, 3.8) is 0 Å². The molecule has 0 saturated carbocycles. The van der Waals surface area contributed by atoms with Gasteiger partial charge in [-0.25, -0.2) is 0 Å². The Morgan fingerprint density at radius 2 is 1.59 bits per heavy atom. The highest BCUT2D eigenvalue weighted by Gasteiger charge is 2.11. The molecule has 0 aliphatic carbocycles. The standard InChI is InChI=1S/C15H31NO/c1-2-3-4-5-6-7-8-9-10-11-15-14-16-12-13-17-15/h15-16H,2-14H2,1H3. The molecule has 0 aromatic heterocycles. The van der Waals surface area contributed by atoms with Crippen molar-refractivity contribution in [2.75, 3.05) is 19.7 Å². The van der Waals surface area contributed by atoms with Crippen LogP contribution in [-0.2, 0) is 4.74 Å². The summed E-state index contributed by atoms with van der Waals surface area (Å²) < 4.78 is 5.69. The normalized spacial score (nSPS) is 20.6. The molecule has 1 fully saturated rings. The van der Waals surface area contributed by atoms with Gasteiger partial charge in [0, 0.05) is 13.1 Å². The average molecular weight is 241 g/mol. The van der Waals surface area contributed by atoms with Gasteiger partial charge in [0.1, 0.15) is 0 Å². The Bertz CT molecular complexity index is 155. The minimum atomic E-state index is 0.494. The Labute approximate surface area is 108 Å². The van der Waals surface area contributed by atoms with Gasteiger partial charge in [-0.05, 0) is 6.42 Å². The number of ether oxygens (including phenoxy) is 1. The molecule has 1 unspecified atom stereocenters. The lowest BCUT2D eigenvalue weighted by molar-refractivity contribution is 0.0220. The van der Waals surface area contributed by atoms with E-state index in [1.807, 2.05) is 0 Å². The summed E-state index contributed by atoms with van der Waals surface area (Å²) in [4.78, 5) is 0. The quantitative estimate of drug-likeness (QED) is 0.586. The second-order valence-corrected chi connectivity index (χ2v) is 5.31. The molecule has 0 aromatic rings. The number of nitrogens with one attached hydrogen (secondary N) is 1. The zero-order valence-corrected chi connectivity index (χ0v) is 11.7. The Morgan fingerprint density at radius 1 is 0.941 bits per heavy atom. The summed E-state index contributed by atoms with van der Waals surface area (Å²) in [5.41, 5.74) is 0. The SMILES string of the molecule is CCCCCCCCCCCC1CNCCO1. The van der Waals surface area contributed by atoms with Gasteiger partial charge in [0.25, 0.3) is 0 Å². The smallest absolute Gasteiger partial charge is 0.0700 e. The predicted octanol–water partition coefficient (Wildman–Crippen LogP) is 3.90. The lowest BCUT2D eigenvalue weighted by Gasteiger charge is -2.23. The van der Waals surface area contributed by atoms with E-state index in [4.69, 9.17) is 4.74 Å². The lowest BCUT2D eigenvalue weighted by atomic mass is 10.0. The van der Waals surface area contributed by atoms with Crippen molar-refractivity contribution < 1.29 is 4.74 Å². The molecule has 102 valence electrons. The number of hydrogen-bond donors (Lipinski definition) is 1. The Hall–Kier alpha value is -0.0800. The van der Waals surface area contributed by atoms with E-state index in [0.717, 1.165) is 19.7 Å². The Kier molecular flexibility index (Phi) is 9.72. The van der Waals surface area contributed by atoms with E-state index >= 15 is 0 Å². The highest BCUT2D eigenvalue weighted by molar-refractivity contribution is 4.66. The summed E-state index contributed by atoms with van der Waals surface area (Å²) in [6, 6.07) is 0. The number of rotatable bonds is 10. The van der Waals surface area contributed by atoms with Crippen LogP contribution in [0.25, 0.3) is 0 Å². The van der Waals surface area contributed by atoms with Crippen molar-refractivity contribution in [3.05, 3.63) is 0 Å². The summed E-state index contributed by atoms with van der Waals surface area (Å²) in [6.45, 7) is 5.29. The molecule has 0 radical (unpaired) electrons. The maximum absolute atomic E-state index is 5.69. The highest BCUT2D eigenvalue weighted by Crippen LogP contribution is 2.12. The Morgan fingerprint density at radius 3 is 2.18 bits per heavy atom. The third-order valence-electron chi connectivity index (χ3n) is 3.63. The molecule has 1 aliphatic heterocycles. The Balaban J connectivity index is 1.75. The third-order valence-corrected chi connectivity index (χ3v) is 3.63. The summed E-state index contributed by atoms with van der Waals surface area (Å²) in [5, 5.41) is 3.39. The second kappa shape index (κ2) is 11.0. The molecule has 2 heteroatoms. The van der Waals surface area contributed by atoms with Crippen LogP contribution >= 0.6 is 0 Å². The first-order valence-corrected chi connectivity index (χ1v) is 7.76. The summed E-state index contributed by atoms with van der Waals surface area (Å²) >= 11 is 0. The molecule has 0 spiro atoms. The van der Waals surface area contributed by atoms with Crippen molar-refractivity contribution in [2.24, 2.45) is 0 Å². The van der Waals surface area contributed by atoms with Crippen LogP contribution in [0.3, 0.4) is 0 Å². The van der Waals surface area contributed by atoms with Gasteiger partial charge in [-0.1, -0.05) is 64.7 Å². The van der Waals surface area contributed by atoms with E-state index < -0.39 is 0 Å². The fourth-order valence-electron chi connectivity index (χ4n) is 2.49. The van der Waals surface area contributed by atoms with Crippen LogP contribution in [0.1, 0.15) is 71.1 Å². The summed E-state index contributed by atoms with van der Waals surface area (Å²) in [7, 11) is 0. The van der Waals surface area contributed by atoms with Crippen LogP contribution in [0.5, 0.6) is 0 Å². The predicted molar refractivity (Wildman–Crippen MR) is 74.5 cm³/mol. The van der Waals surface area contributed by atoms with E-state index in [1.165, 1.54) is 64.2 Å². The zero-order chi connectivity index (χ0) is 12.2. The zero-order valence-electron chi connectivity index (χ0n) is 11.7. The first-order valence-electron chi connectivity index (χ1n) is 7.76. The first kappa shape index (κ1) is 15.0. The minimum Gasteiger partial charge on any atom is -0.376 e. The van der Waals surface area contributed by atoms with Gasteiger partial charge in [-0.3, -0.25) is 0 Å². The molecule has 1 rings (SSSR count). The van der Waals surface area contributed by atoms with Crippen LogP contribution < -0.4 is 5.32 Å². The maximum atomic E-state index is 5.69. The molecule has 2 nitrogen and oxygen atoms in total. The molecule has 0 amide bonds.